The number of benzene rings is 1. The fourth-order valence-corrected chi connectivity index (χ4v) is 3.77. The van der Waals surface area contributed by atoms with Gasteiger partial charge in [-0.05, 0) is 53.7 Å². The Bertz CT molecular complexity index is 450. The van der Waals surface area contributed by atoms with Crippen LogP contribution >= 0.6 is 15.9 Å². The van der Waals surface area contributed by atoms with E-state index in [1.165, 1.54) is 42.4 Å². The number of rotatable bonds is 3. The first kappa shape index (κ1) is 13.9. The molecule has 1 aliphatic rings. The maximum absolute atomic E-state index is 6.09. The van der Waals surface area contributed by atoms with Crippen molar-refractivity contribution in [2.45, 2.75) is 44.9 Å². The molecule has 1 aromatic carbocycles. The van der Waals surface area contributed by atoms with Crippen LogP contribution in [-0.2, 0) is 5.41 Å². The summed E-state index contributed by atoms with van der Waals surface area (Å²) in [6.07, 6.45) is 4.89. The Balaban J connectivity index is 2.62. The van der Waals surface area contributed by atoms with Crippen LogP contribution in [0.1, 0.15) is 42.4 Å². The van der Waals surface area contributed by atoms with Gasteiger partial charge in [0.1, 0.15) is 5.75 Å². The summed E-state index contributed by atoms with van der Waals surface area (Å²) in [5, 5.41) is 0. The lowest BCUT2D eigenvalue weighted by Gasteiger charge is -2.31. The van der Waals surface area contributed by atoms with Crippen molar-refractivity contribution < 1.29 is 4.74 Å². The highest BCUT2D eigenvalue weighted by Gasteiger charge is 2.37. The van der Waals surface area contributed by atoms with E-state index in [4.69, 9.17) is 10.5 Å². The van der Waals surface area contributed by atoms with Crippen molar-refractivity contribution in [1.82, 2.24) is 0 Å². The first-order valence-corrected chi connectivity index (χ1v) is 7.39. The number of nitrogens with two attached hydrogens (primary N) is 1. The second-order valence-electron chi connectivity index (χ2n) is 5.40. The molecule has 100 valence electrons. The summed E-state index contributed by atoms with van der Waals surface area (Å²) >= 11 is 3.68. The zero-order valence-corrected chi connectivity index (χ0v) is 13.1. The molecule has 1 aromatic rings. The molecule has 1 fully saturated rings. The number of ether oxygens (including phenoxy) is 1. The molecule has 0 saturated heterocycles. The maximum Gasteiger partial charge on any atom is 0.137 e. The third-order valence-corrected chi connectivity index (χ3v) is 5.41. The normalized spacial score (nSPS) is 18.1. The van der Waals surface area contributed by atoms with Crippen LogP contribution in [0.25, 0.3) is 0 Å². The average molecular weight is 312 g/mol. The van der Waals surface area contributed by atoms with E-state index < -0.39 is 0 Å². The molecule has 0 unspecified atom stereocenters. The fourth-order valence-electron chi connectivity index (χ4n) is 3.08. The number of halogens is 1. The first-order valence-electron chi connectivity index (χ1n) is 6.60. The average Bonchev–Trinajstić information content (AvgIpc) is 2.85. The molecule has 0 aromatic heterocycles. The van der Waals surface area contributed by atoms with Gasteiger partial charge in [-0.15, -0.1) is 0 Å². The summed E-state index contributed by atoms with van der Waals surface area (Å²) in [5.74, 6) is 0.977. The van der Waals surface area contributed by atoms with Gasteiger partial charge in [-0.3, -0.25) is 0 Å². The quantitative estimate of drug-likeness (QED) is 0.920. The Hall–Kier alpha value is -0.540. The Labute approximate surface area is 118 Å². The number of methoxy groups -OCH3 is 1. The second-order valence-corrected chi connectivity index (χ2v) is 6.20. The molecule has 0 spiro atoms. The molecule has 1 saturated carbocycles. The van der Waals surface area contributed by atoms with Crippen molar-refractivity contribution in [3.8, 4) is 5.75 Å². The van der Waals surface area contributed by atoms with Crippen LogP contribution in [0, 0.1) is 13.8 Å². The van der Waals surface area contributed by atoms with Gasteiger partial charge in [0.25, 0.3) is 0 Å². The van der Waals surface area contributed by atoms with Crippen LogP contribution < -0.4 is 10.5 Å². The van der Waals surface area contributed by atoms with E-state index in [1.54, 1.807) is 7.11 Å². The standard InChI is InChI=1S/C15H22BrNO/c1-10-8-12(14(18-3)13(16)11(10)2)15(9-17)6-4-5-7-15/h8H,4-7,9,17H2,1-3H3. The minimum atomic E-state index is 0.117. The van der Waals surface area contributed by atoms with E-state index in [-0.39, 0.29) is 5.41 Å². The zero-order valence-electron chi connectivity index (χ0n) is 11.5. The van der Waals surface area contributed by atoms with Gasteiger partial charge in [0.2, 0.25) is 0 Å². The van der Waals surface area contributed by atoms with Crippen molar-refractivity contribution in [3.63, 3.8) is 0 Å². The van der Waals surface area contributed by atoms with E-state index in [0.717, 1.165) is 10.2 Å². The SMILES string of the molecule is COc1c(C2(CN)CCCC2)cc(C)c(C)c1Br. The fraction of sp³-hybridized carbons (Fsp3) is 0.600. The minimum Gasteiger partial charge on any atom is -0.495 e. The molecule has 0 bridgehead atoms. The Morgan fingerprint density at radius 3 is 2.44 bits per heavy atom. The van der Waals surface area contributed by atoms with Crippen molar-refractivity contribution in [3.05, 3.63) is 27.2 Å². The van der Waals surface area contributed by atoms with Crippen molar-refractivity contribution >= 4 is 15.9 Å². The third kappa shape index (κ3) is 2.08. The molecular weight excluding hydrogens is 290 g/mol. The minimum absolute atomic E-state index is 0.117. The Morgan fingerprint density at radius 1 is 1.33 bits per heavy atom. The molecule has 3 heteroatoms. The molecule has 18 heavy (non-hydrogen) atoms. The highest BCUT2D eigenvalue weighted by Crippen LogP contribution is 2.47. The van der Waals surface area contributed by atoms with Gasteiger partial charge in [-0.2, -0.15) is 0 Å². The van der Waals surface area contributed by atoms with E-state index in [9.17, 15) is 0 Å². The van der Waals surface area contributed by atoms with Crippen LogP contribution in [0.2, 0.25) is 0 Å². The maximum atomic E-state index is 6.09. The predicted octanol–water partition coefficient (Wildman–Crippen LogP) is 3.85. The van der Waals surface area contributed by atoms with Crippen LogP contribution in [0.3, 0.4) is 0 Å². The van der Waals surface area contributed by atoms with Gasteiger partial charge < -0.3 is 10.5 Å². The first-order chi connectivity index (χ1) is 8.55. The lowest BCUT2D eigenvalue weighted by atomic mass is 9.77. The van der Waals surface area contributed by atoms with Crippen molar-refractivity contribution in [1.29, 1.82) is 0 Å². The van der Waals surface area contributed by atoms with Crippen molar-refractivity contribution in [2.75, 3.05) is 13.7 Å². The van der Waals surface area contributed by atoms with Gasteiger partial charge >= 0.3 is 0 Å². The summed E-state index contributed by atoms with van der Waals surface area (Å²) in [6, 6.07) is 2.27. The largest absolute Gasteiger partial charge is 0.495 e. The Morgan fingerprint density at radius 2 is 1.94 bits per heavy atom. The van der Waals surface area contributed by atoms with Crippen LogP contribution in [-0.4, -0.2) is 13.7 Å². The molecule has 0 amide bonds. The monoisotopic (exact) mass is 311 g/mol. The molecule has 0 radical (unpaired) electrons. The van der Waals surface area contributed by atoms with Crippen LogP contribution in [0.15, 0.2) is 10.5 Å². The number of hydrogen-bond acceptors (Lipinski definition) is 2. The van der Waals surface area contributed by atoms with Gasteiger partial charge in [-0.25, -0.2) is 0 Å². The predicted molar refractivity (Wildman–Crippen MR) is 79.4 cm³/mol. The molecule has 2 N–H and O–H groups in total. The summed E-state index contributed by atoms with van der Waals surface area (Å²) in [5.41, 5.74) is 10.1. The van der Waals surface area contributed by atoms with Gasteiger partial charge in [0.05, 0.1) is 11.6 Å². The number of hydrogen-bond donors (Lipinski definition) is 1. The third-order valence-electron chi connectivity index (χ3n) is 4.45. The summed E-state index contributed by atoms with van der Waals surface area (Å²) in [7, 11) is 1.75. The molecule has 0 heterocycles. The number of aryl methyl sites for hydroxylation is 1. The molecular formula is C15H22BrNO. The lowest BCUT2D eigenvalue weighted by Crippen LogP contribution is -2.32. The highest BCUT2D eigenvalue weighted by atomic mass is 79.9. The second kappa shape index (κ2) is 5.22. The highest BCUT2D eigenvalue weighted by molar-refractivity contribution is 9.10. The van der Waals surface area contributed by atoms with Gasteiger partial charge in [0.15, 0.2) is 0 Å². The van der Waals surface area contributed by atoms with E-state index in [1.807, 2.05) is 0 Å². The summed E-state index contributed by atoms with van der Waals surface area (Å²) < 4.78 is 6.73. The molecule has 0 aliphatic heterocycles. The van der Waals surface area contributed by atoms with Gasteiger partial charge in [-0.1, -0.05) is 18.9 Å². The Kier molecular flexibility index (Phi) is 4.02. The van der Waals surface area contributed by atoms with Crippen molar-refractivity contribution in [2.24, 2.45) is 5.73 Å². The molecule has 1 aliphatic carbocycles. The molecule has 0 atom stereocenters. The van der Waals surface area contributed by atoms with Crippen LogP contribution in [0.5, 0.6) is 5.75 Å². The lowest BCUT2D eigenvalue weighted by molar-refractivity contribution is 0.375. The van der Waals surface area contributed by atoms with E-state index in [2.05, 4.69) is 35.8 Å². The molecule has 2 rings (SSSR count). The topological polar surface area (TPSA) is 35.2 Å². The summed E-state index contributed by atoms with van der Waals surface area (Å²) in [6.45, 7) is 4.98. The zero-order chi connectivity index (χ0) is 13.3. The van der Waals surface area contributed by atoms with E-state index >= 15 is 0 Å². The molecule has 2 nitrogen and oxygen atoms in total. The van der Waals surface area contributed by atoms with E-state index in [0.29, 0.717) is 6.54 Å². The van der Waals surface area contributed by atoms with Gasteiger partial charge in [0, 0.05) is 17.5 Å². The smallest absolute Gasteiger partial charge is 0.137 e. The summed E-state index contributed by atoms with van der Waals surface area (Å²) in [4.78, 5) is 0. The van der Waals surface area contributed by atoms with Crippen LogP contribution in [0.4, 0.5) is 0 Å².